The SMILES string of the molecule is CCCNC(CC)c1ccccc1-n1nc(C)cc1C. The van der Waals surface area contributed by atoms with Crippen LogP contribution in [0.5, 0.6) is 0 Å². The van der Waals surface area contributed by atoms with Crippen LogP contribution in [0.15, 0.2) is 30.3 Å². The van der Waals surface area contributed by atoms with Gasteiger partial charge in [-0.15, -0.1) is 0 Å². The standard InChI is InChI=1S/C17H25N3/c1-5-11-18-16(6-2)15-9-7-8-10-17(15)20-14(4)12-13(3)19-20/h7-10,12,16,18H,5-6,11H2,1-4H3. The van der Waals surface area contributed by atoms with E-state index < -0.39 is 0 Å². The number of nitrogens with one attached hydrogen (secondary N) is 1. The first-order valence-corrected chi connectivity index (χ1v) is 7.53. The zero-order valence-electron chi connectivity index (χ0n) is 13.0. The van der Waals surface area contributed by atoms with Crippen molar-refractivity contribution >= 4 is 0 Å². The molecule has 1 atom stereocenters. The van der Waals surface area contributed by atoms with Crippen LogP contribution in [-0.2, 0) is 0 Å². The van der Waals surface area contributed by atoms with Gasteiger partial charge in [0.2, 0.25) is 0 Å². The number of hydrogen-bond donors (Lipinski definition) is 1. The van der Waals surface area contributed by atoms with Crippen LogP contribution in [0.1, 0.15) is 49.7 Å². The molecular formula is C17H25N3. The summed E-state index contributed by atoms with van der Waals surface area (Å²) in [6, 6.07) is 11.1. The van der Waals surface area contributed by atoms with Crippen molar-refractivity contribution in [1.29, 1.82) is 0 Å². The number of rotatable bonds is 6. The maximum atomic E-state index is 4.63. The summed E-state index contributed by atoms with van der Waals surface area (Å²) in [5, 5.41) is 8.26. The molecule has 0 aliphatic heterocycles. The average molecular weight is 271 g/mol. The molecule has 2 rings (SSSR count). The van der Waals surface area contributed by atoms with Crippen molar-refractivity contribution in [3.05, 3.63) is 47.3 Å². The Morgan fingerprint density at radius 1 is 1.20 bits per heavy atom. The first-order valence-electron chi connectivity index (χ1n) is 7.53. The molecule has 1 heterocycles. The van der Waals surface area contributed by atoms with Crippen LogP contribution >= 0.6 is 0 Å². The Morgan fingerprint density at radius 2 is 1.95 bits per heavy atom. The highest BCUT2D eigenvalue weighted by Gasteiger charge is 2.15. The minimum Gasteiger partial charge on any atom is -0.310 e. The predicted octanol–water partition coefficient (Wildman–Crippen LogP) is 3.94. The van der Waals surface area contributed by atoms with Crippen molar-refractivity contribution in [2.24, 2.45) is 0 Å². The van der Waals surface area contributed by atoms with E-state index in [4.69, 9.17) is 0 Å². The first-order chi connectivity index (χ1) is 9.67. The summed E-state index contributed by atoms with van der Waals surface area (Å²) in [4.78, 5) is 0. The van der Waals surface area contributed by atoms with Gasteiger partial charge in [0, 0.05) is 11.7 Å². The summed E-state index contributed by atoms with van der Waals surface area (Å²) < 4.78 is 2.06. The number of aryl methyl sites for hydroxylation is 2. The third kappa shape index (κ3) is 3.10. The summed E-state index contributed by atoms with van der Waals surface area (Å²) in [5.41, 5.74) is 4.76. The normalized spacial score (nSPS) is 12.6. The lowest BCUT2D eigenvalue weighted by Gasteiger charge is -2.21. The van der Waals surface area contributed by atoms with Crippen molar-refractivity contribution in [1.82, 2.24) is 15.1 Å². The van der Waals surface area contributed by atoms with Crippen LogP contribution < -0.4 is 5.32 Å². The molecule has 3 heteroatoms. The Morgan fingerprint density at radius 3 is 2.55 bits per heavy atom. The Hall–Kier alpha value is -1.61. The highest BCUT2D eigenvalue weighted by Crippen LogP contribution is 2.25. The molecule has 0 amide bonds. The third-order valence-corrected chi connectivity index (χ3v) is 3.60. The highest BCUT2D eigenvalue weighted by atomic mass is 15.3. The molecule has 2 aromatic rings. The lowest BCUT2D eigenvalue weighted by atomic mass is 10.0. The van der Waals surface area contributed by atoms with E-state index in [1.165, 1.54) is 16.9 Å². The molecule has 0 bridgehead atoms. The van der Waals surface area contributed by atoms with Crippen LogP contribution in [-0.4, -0.2) is 16.3 Å². The van der Waals surface area contributed by atoms with E-state index in [1.807, 2.05) is 6.92 Å². The van der Waals surface area contributed by atoms with E-state index in [2.05, 4.69) is 66.2 Å². The molecule has 20 heavy (non-hydrogen) atoms. The quantitative estimate of drug-likeness (QED) is 0.862. The van der Waals surface area contributed by atoms with E-state index >= 15 is 0 Å². The molecule has 0 spiro atoms. The van der Waals surface area contributed by atoms with Crippen molar-refractivity contribution in [2.75, 3.05) is 6.54 Å². The lowest BCUT2D eigenvalue weighted by molar-refractivity contribution is 0.515. The largest absolute Gasteiger partial charge is 0.310 e. The van der Waals surface area contributed by atoms with Gasteiger partial charge in [-0.3, -0.25) is 0 Å². The molecule has 0 saturated heterocycles. The number of para-hydroxylation sites is 1. The second kappa shape index (κ2) is 6.71. The molecule has 0 aliphatic carbocycles. The second-order valence-corrected chi connectivity index (χ2v) is 5.31. The van der Waals surface area contributed by atoms with Gasteiger partial charge >= 0.3 is 0 Å². The summed E-state index contributed by atoms with van der Waals surface area (Å²) in [6.07, 6.45) is 2.23. The predicted molar refractivity (Wildman–Crippen MR) is 84.4 cm³/mol. The van der Waals surface area contributed by atoms with Gasteiger partial charge in [-0.1, -0.05) is 32.0 Å². The fraction of sp³-hybridized carbons (Fsp3) is 0.471. The molecule has 3 nitrogen and oxygen atoms in total. The smallest absolute Gasteiger partial charge is 0.0696 e. The van der Waals surface area contributed by atoms with Crippen LogP contribution in [0.25, 0.3) is 5.69 Å². The van der Waals surface area contributed by atoms with Gasteiger partial charge in [0.05, 0.1) is 11.4 Å². The van der Waals surface area contributed by atoms with Gasteiger partial charge in [-0.2, -0.15) is 5.10 Å². The molecule has 0 aliphatic rings. The summed E-state index contributed by atoms with van der Waals surface area (Å²) in [7, 11) is 0. The van der Waals surface area contributed by atoms with Gasteiger partial charge in [-0.05, 0) is 50.9 Å². The van der Waals surface area contributed by atoms with Gasteiger partial charge in [0.15, 0.2) is 0 Å². The molecule has 1 unspecified atom stereocenters. The Labute approximate surface area is 122 Å². The number of hydrogen-bond acceptors (Lipinski definition) is 2. The molecule has 0 saturated carbocycles. The molecule has 0 fully saturated rings. The summed E-state index contributed by atoms with van der Waals surface area (Å²) >= 11 is 0. The molecule has 108 valence electrons. The van der Waals surface area contributed by atoms with E-state index in [0.29, 0.717) is 6.04 Å². The van der Waals surface area contributed by atoms with E-state index in [1.54, 1.807) is 0 Å². The second-order valence-electron chi connectivity index (χ2n) is 5.31. The Balaban J connectivity index is 2.41. The van der Waals surface area contributed by atoms with Crippen LogP contribution in [0.2, 0.25) is 0 Å². The Kier molecular flexibility index (Phi) is 4.96. The summed E-state index contributed by atoms with van der Waals surface area (Å²) in [6.45, 7) is 9.62. The number of aromatic nitrogens is 2. The first kappa shape index (κ1) is 14.8. The minimum absolute atomic E-state index is 0.384. The monoisotopic (exact) mass is 271 g/mol. The van der Waals surface area contributed by atoms with E-state index in [-0.39, 0.29) is 0 Å². The van der Waals surface area contributed by atoms with E-state index in [9.17, 15) is 0 Å². The topological polar surface area (TPSA) is 29.9 Å². The van der Waals surface area contributed by atoms with Crippen molar-refractivity contribution in [2.45, 2.75) is 46.6 Å². The molecule has 1 N–H and O–H groups in total. The van der Waals surface area contributed by atoms with Gasteiger partial charge in [0.1, 0.15) is 0 Å². The summed E-state index contributed by atoms with van der Waals surface area (Å²) in [5.74, 6) is 0. The maximum absolute atomic E-state index is 4.63. The molecule has 1 aromatic heterocycles. The van der Waals surface area contributed by atoms with Crippen LogP contribution in [0.4, 0.5) is 0 Å². The van der Waals surface area contributed by atoms with Crippen molar-refractivity contribution in [3.8, 4) is 5.69 Å². The van der Waals surface area contributed by atoms with Crippen molar-refractivity contribution in [3.63, 3.8) is 0 Å². The van der Waals surface area contributed by atoms with Gasteiger partial charge in [-0.25, -0.2) is 4.68 Å². The fourth-order valence-corrected chi connectivity index (χ4v) is 2.64. The molecular weight excluding hydrogens is 246 g/mol. The maximum Gasteiger partial charge on any atom is 0.0696 e. The number of benzene rings is 1. The third-order valence-electron chi connectivity index (χ3n) is 3.60. The number of nitrogens with zero attached hydrogens (tertiary/aromatic N) is 2. The lowest BCUT2D eigenvalue weighted by Crippen LogP contribution is -2.23. The average Bonchev–Trinajstić information content (AvgIpc) is 2.79. The zero-order chi connectivity index (χ0) is 14.5. The van der Waals surface area contributed by atoms with Crippen LogP contribution in [0.3, 0.4) is 0 Å². The molecule has 1 aromatic carbocycles. The van der Waals surface area contributed by atoms with Crippen molar-refractivity contribution < 1.29 is 0 Å². The van der Waals surface area contributed by atoms with Crippen LogP contribution in [0, 0.1) is 13.8 Å². The Bertz CT molecular complexity index is 557. The van der Waals surface area contributed by atoms with Gasteiger partial charge < -0.3 is 5.32 Å². The zero-order valence-corrected chi connectivity index (χ0v) is 13.0. The highest BCUT2D eigenvalue weighted by molar-refractivity contribution is 5.43. The van der Waals surface area contributed by atoms with Gasteiger partial charge in [0.25, 0.3) is 0 Å². The molecule has 0 radical (unpaired) electrons. The fourth-order valence-electron chi connectivity index (χ4n) is 2.64. The van der Waals surface area contributed by atoms with E-state index in [0.717, 1.165) is 25.1 Å². The minimum atomic E-state index is 0.384.